The van der Waals surface area contributed by atoms with Crippen molar-refractivity contribution in [1.82, 2.24) is 15.0 Å². The number of aromatic nitrogens is 2. The molecule has 1 unspecified atom stereocenters. The summed E-state index contributed by atoms with van der Waals surface area (Å²) >= 11 is 0. The molecule has 9 nitrogen and oxygen atoms in total. The largest absolute Gasteiger partial charge is 0.497 e. The molecule has 0 radical (unpaired) electrons. The number of ether oxygens (including phenoxy) is 2. The number of nitrogens with zero attached hydrogens (tertiary/aromatic N) is 3. The molecule has 4 heterocycles. The molecule has 0 saturated carbocycles. The number of anilines is 2. The molecular weight excluding hydrogens is 396 g/mol. The summed E-state index contributed by atoms with van der Waals surface area (Å²) < 4.78 is 12.7. The number of hydrazine groups is 1. The fourth-order valence-electron chi connectivity index (χ4n) is 5.13. The highest BCUT2D eigenvalue weighted by molar-refractivity contribution is 5.56. The zero-order chi connectivity index (χ0) is 21.8. The van der Waals surface area contributed by atoms with Crippen LogP contribution in [0.2, 0.25) is 0 Å². The van der Waals surface area contributed by atoms with Gasteiger partial charge in [0.1, 0.15) is 5.75 Å². The Morgan fingerprint density at radius 1 is 1.26 bits per heavy atom. The van der Waals surface area contributed by atoms with Gasteiger partial charge < -0.3 is 25.5 Å². The van der Waals surface area contributed by atoms with Crippen LogP contribution in [0.15, 0.2) is 29.1 Å². The van der Waals surface area contributed by atoms with E-state index in [4.69, 9.17) is 20.2 Å². The number of nitrogens with one attached hydrogen (secondary N) is 2. The molecule has 3 aliphatic heterocycles. The molecule has 0 bridgehead atoms. The summed E-state index contributed by atoms with van der Waals surface area (Å²) in [4.78, 5) is 20.3. The van der Waals surface area contributed by atoms with Gasteiger partial charge >= 0.3 is 0 Å². The van der Waals surface area contributed by atoms with Crippen LogP contribution in [0.3, 0.4) is 0 Å². The van der Waals surface area contributed by atoms with Crippen molar-refractivity contribution in [3.8, 4) is 5.75 Å². The first-order valence-electron chi connectivity index (χ1n) is 10.8. The molecule has 1 spiro atoms. The Labute approximate surface area is 181 Å². The van der Waals surface area contributed by atoms with Crippen molar-refractivity contribution in [2.45, 2.75) is 38.0 Å². The summed E-state index contributed by atoms with van der Waals surface area (Å²) in [5.74, 6) is 2.05. The smallest absolute Gasteiger partial charge is 0.262 e. The van der Waals surface area contributed by atoms with Crippen molar-refractivity contribution in [1.29, 1.82) is 0 Å². The number of piperidine rings is 1. The predicted octanol–water partition coefficient (Wildman–Crippen LogP) is 1.14. The van der Waals surface area contributed by atoms with Crippen LogP contribution in [0.5, 0.6) is 5.75 Å². The van der Waals surface area contributed by atoms with E-state index in [-0.39, 0.29) is 29.2 Å². The average Bonchev–Trinajstić information content (AvgIpc) is 3.34. The summed E-state index contributed by atoms with van der Waals surface area (Å²) in [5, 5.41) is 0. The molecule has 4 N–H and O–H groups in total. The quantitative estimate of drug-likeness (QED) is 0.671. The monoisotopic (exact) mass is 426 g/mol. The molecule has 1 aromatic heterocycles. The maximum atomic E-state index is 13.3. The fourth-order valence-corrected chi connectivity index (χ4v) is 5.13. The summed E-state index contributed by atoms with van der Waals surface area (Å²) in [6, 6.07) is 7.49. The van der Waals surface area contributed by atoms with Gasteiger partial charge in [-0.15, -0.1) is 0 Å². The third kappa shape index (κ3) is 3.19. The van der Waals surface area contributed by atoms with Crippen molar-refractivity contribution in [2.75, 3.05) is 37.1 Å². The number of benzene rings is 1. The summed E-state index contributed by atoms with van der Waals surface area (Å²) in [6.45, 7) is 4.38. The minimum atomic E-state index is -0.263. The molecule has 1 aromatic carbocycles. The van der Waals surface area contributed by atoms with E-state index >= 15 is 0 Å². The molecule has 2 aromatic rings. The van der Waals surface area contributed by atoms with Crippen LogP contribution in [-0.4, -0.2) is 48.5 Å². The van der Waals surface area contributed by atoms with E-state index in [1.165, 1.54) is 0 Å². The van der Waals surface area contributed by atoms with E-state index < -0.39 is 0 Å². The Morgan fingerprint density at radius 3 is 2.58 bits per heavy atom. The number of methoxy groups -OCH3 is 1. The molecule has 2 saturated heterocycles. The molecule has 3 atom stereocenters. The van der Waals surface area contributed by atoms with Gasteiger partial charge in [-0.3, -0.25) is 9.36 Å². The van der Waals surface area contributed by atoms with E-state index in [0.717, 1.165) is 43.9 Å². The first kappa shape index (κ1) is 20.3. The molecule has 3 aliphatic rings. The van der Waals surface area contributed by atoms with Crippen LogP contribution >= 0.6 is 0 Å². The number of nitrogens with two attached hydrogens (primary N) is 1. The maximum absolute atomic E-state index is 13.3. The zero-order valence-corrected chi connectivity index (χ0v) is 18.2. The van der Waals surface area contributed by atoms with Crippen LogP contribution in [-0.2, 0) is 11.8 Å². The van der Waals surface area contributed by atoms with E-state index in [0.29, 0.717) is 17.3 Å². The second-order valence-electron chi connectivity index (χ2n) is 8.91. The van der Waals surface area contributed by atoms with Gasteiger partial charge in [0.2, 0.25) is 5.95 Å². The maximum Gasteiger partial charge on any atom is 0.262 e. The highest BCUT2D eigenvalue weighted by Crippen LogP contribution is 2.42. The van der Waals surface area contributed by atoms with E-state index in [2.05, 4.69) is 22.7 Å². The second kappa shape index (κ2) is 7.51. The van der Waals surface area contributed by atoms with E-state index in [1.807, 2.05) is 24.3 Å². The summed E-state index contributed by atoms with van der Waals surface area (Å²) in [6.07, 6.45) is 1.97. The minimum absolute atomic E-state index is 0.0325. The second-order valence-corrected chi connectivity index (χ2v) is 8.91. The minimum Gasteiger partial charge on any atom is -0.497 e. The fraction of sp³-hybridized carbons (Fsp3) is 0.545. The van der Waals surface area contributed by atoms with Gasteiger partial charge in [-0.25, -0.2) is 5.43 Å². The van der Waals surface area contributed by atoms with Crippen LogP contribution in [0.4, 0.5) is 11.8 Å². The standard InChI is InChI=1S/C22H30N6O3/c1-13-18(23)22(12-31-13)8-10-28(11-9-22)21-24-19-16(20(29)27(21)2)17(25-26-19)14-4-6-15(30-3)7-5-14/h4-7,13,17-18,25-26H,8-12,23H2,1-3H3/t13-,17?,18+/m0/s1. The van der Waals surface area contributed by atoms with E-state index in [9.17, 15) is 4.79 Å². The lowest BCUT2D eigenvalue weighted by Crippen LogP contribution is -2.51. The van der Waals surface area contributed by atoms with Crippen LogP contribution in [0.25, 0.3) is 0 Å². The van der Waals surface area contributed by atoms with Crippen molar-refractivity contribution < 1.29 is 9.47 Å². The molecule has 166 valence electrons. The van der Waals surface area contributed by atoms with Crippen LogP contribution in [0.1, 0.15) is 36.9 Å². The van der Waals surface area contributed by atoms with Crippen LogP contribution in [0, 0.1) is 5.41 Å². The summed E-state index contributed by atoms with van der Waals surface area (Å²) in [5.41, 5.74) is 14.4. The third-order valence-corrected chi connectivity index (χ3v) is 7.26. The highest BCUT2D eigenvalue weighted by Gasteiger charge is 2.48. The Kier molecular flexibility index (Phi) is 4.91. The number of fused-ring (bicyclic) bond motifs is 1. The third-order valence-electron chi connectivity index (χ3n) is 7.26. The molecule has 5 rings (SSSR count). The number of rotatable bonds is 3. The van der Waals surface area contributed by atoms with E-state index in [1.54, 1.807) is 18.7 Å². The van der Waals surface area contributed by atoms with Gasteiger partial charge in [-0.05, 0) is 37.5 Å². The van der Waals surface area contributed by atoms with Gasteiger partial charge in [0.15, 0.2) is 5.82 Å². The topological polar surface area (TPSA) is 107 Å². The lowest BCUT2D eigenvalue weighted by atomic mass is 9.73. The molecule has 2 fully saturated rings. The SMILES string of the molecule is COc1ccc(C2NNc3nc(N4CCC5(CC4)CO[C@@H](C)[C@H]5N)n(C)c(=O)c32)cc1. The molecule has 31 heavy (non-hydrogen) atoms. The zero-order valence-electron chi connectivity index (χ0n) is 18.2. The normalized spacial score (nSPS) is 26.7. The van der Waals surface area contributed by atoms with Gasteiger partial charge in [0, 0.05) is 31.6 Å². The molecule has 0 aliphatic carbocycles. The highest BCUT2D eigenvalue weighted by atomic mass is 16.5. The Morgan fingerprint density at radius 2 is 1.97 bits per heavy atom. The molecule has 0 amide bonds. The Bertz CT molecular complexity index is 1030. The van der Waals surface area contributed by atoms with Crippen LogP contribution < -0.4 is 31.8 Å². The van der Waals surface area contributed by atoms with Crippen molar-refractivity contribution in [3.05, 3.63) is 45.7 Å². The summed E-state index contributed by atoms with van der Waals surface area (Å²) in [7, 11) is 3.43. The van der Waals surface area contributed by atoms with Gasteiger partial charge in [-0.1, -0.05) is 12.1 Å². The lowest BCUT2D eigenvalue weighted by molar-refractivity contribution is 0.0973. The first-order valence-corrected chi connectivity index (χ1v) is 10.8. The van der Waals surface area contributed by atoms with Gasteiger partial charge in [0.05, 0.1) is 31.4 Å². The van der Waals surface area contributed by atoms with Gasteiger partial charge in [-0.2, -0.15) is 4.98 Å². The molecular formula is C22H30N6O3. The Hall–Kier alpha value is -2.62. The first-order chi connectivity index (χ1) is 14.9. The predicted molar refractivity (Wildman–Crippen MR) is 118 cm³/mol. The lowest BCUT2D eigenvalue weighted by Gasteiger charge is -2.41. The van der Waals surface area contributed by atoms with Crippen molar-refractivity contribution >= 4 is 11.8 Å². The number of hydrogen-bond acceptors (Lipinski definition) is 8. The van der Waals surface area contributed by atoms with Crippen molar-refractivity contribution in [2.24, 2.45) is 18.2 Å². The number of hydrogen-bond donors (Lipinski definition) is 3. The Balaban J connectivity index is 1.41. The van der Waals surface area contributed by atoms with Crippen molar-refractivity contribution in [3.63, 3.8) is 0 Å². The molecule has 9 heteroatoms. The van der Waals surface area contributed by atoms with Gasteiger partial charge in [0.25, 0.3) is 5.56 Å². The average molecular weight is 427 g/mol.